The average Bonchev–Trinajstić information content (AvgIpc) is 2.29. The highest BCUT2D eigenvalue weighted by atomic mass is 16.5. The van der Waals surface area contributed by atoms with E-state index in [9.17, 15) is 9.59 Å². The van der Waals surface area contributed by atoms with Crippen molar-refractivity contribution >= 4 is 11.8 Å². The van der Waals surface area contributed by atoms with Gasteiger partial charge in [-0.3, -0.25) is 9.59 Å². The van der Waals surface area contributed by atoms with Crippen LogP contribution < -0.4 is 0 Å². The summed E-state index contributed by atoms with van der Waals surface area (Å²) in [6.45, 7) is 3.86. The zero-order valence-electron chi connectivity index (χ0n) is 10.5. The molecule has 0 aliphatic heterocycles. The lowest BCUT2D eigenvalue weighted by molar-refractivity contribution is -0.141. The summed E-state index contributed by atoms with van der Waals surface area (Å²) in [5.41, 5.74) is 1.83. The van der Waals surface area contributed by atoms with Crippen molar-refractivity contribution in [1.29, 1.82) is 0 Å². The Balaban J connectivity index is 2.54. The molecule has 0 heterocycles. The number of carbonyl (C=O) groups is 2. The highest BCUT2D eigenvalue weighted by molar-refractivity contribution is 5.96. The van der Waals surface area contributed by atoms with Gasteiger partial charge in [0.05, 0.1) is 7.11 Å². The molecule has 1 unspecified atom stereocenters. The quantitative estimate of drug-likeness (QED) is 0.581. The van der Waals surface area contributed by atoms with Gasteiger partial charge in [0.25, 0.3) is 0 Å². The van der Waals surface area contributed by atoms with E-state index < -0.39 is 0 Å². The van der Waals surface area contributed by atoms with Crippen LogP contribution in [0.3, 0.4) is 0 Å². The van der Waals surface area contributed by atoms with Crippen LogP contribution in [0.25, 0.3) is 0 Å². The number of hydrogen-bond acceptors (Lipinski definition) is 3. The first kappa shape index (κ1) is 13.4. The molecule has 1 rings (SSSR count). The monoisotopic (exact) mass is 234 g/mol. The third-order valence-electron chi connectivity index (χ3n) is 2.65. The maximum atomic E-state index is 11.9. The van der Waals surface area contributed by atoms with Crippen molar-refractivity contribution in [1.82, 2.24) is 0 Å². The molecule has 92 valence electrons. The molecule has 0 N–H and O–H groups in total. The smallest absolute Gasteiger partial charge is 0.305 e. The predicted octanol–water partition coefficient (Wildman–Crippen LogP) is 2.77. The van der Waals surface area contributed by atoms with Gasteiger partial charge in [-0.15, -0.1) is 0 Å². The molecule has 0 aliphatic carbocycles. The molecule has 1 atom stereocenters. The summed E-state index contributed by atoms with van der Waals surface area (Å²) in [6, 6.07) is 7.47. The minimum Gasteiger partial charge on any atom is -0.469 e. The van der Waals surface area contributed by atoms with Crippen LogP contribution in [0.5, 0.6) is 0 Å². The third kappa shape index (κ3) is 4.39. The van der Waals surface area contributed by atoms with Crippen molar-refractivity contribution in [2.45, 2.75) is 26.7 Å². The summed E-state index contributed by atoms with van der Waals surface area (Å²) in [5, 5.41) is 0. The SMILES string of the molecule is COC(=O)CC(C)CC(=O)c1ccc(C)cc1. The van der Waals surface area contributed by atoms with Crippen molar-refractivity contribution in [2.24, 2.45) is 5.92 Å². The van der Waals surface area contributed by atoms with Gasteiger partial charge in [0.1, 0.15) is 0 Å². The van der Waals surface area contributed by atoms with E-state index in [4.69, 9.17) is 0 Å². The van der Waals surface area contributed by atoms with Crippen molar-refractivity contribution in [2.75, 3.05) is 7.11 Å². The number of hydrogen-bond donors (Lipinski definition) is 0. The fourth-order valence-corrected chi connectivity index (χ4v) is 1.61. The molecule has 0 bridgehead atoms. The summed E-state index contributed by atoms with van der Waals surface area (Å²) >= 11 is 0. The van der Waals surface area contributed by atoms with E-state index in [2.05, 4.69) is 4.74 Å². The molecule has 1 aromatic rings. The Kier molecular flexibility index (Phi) is 4.88. The van der Waals surface area contributed by atoms with Crippen LogP contribution in [-0.2, 0) is 9.53 Å². The van der Waals surface area contributed by atoms with Crippen LogP contribution in [-0.4, -0.2) is 18.9 Å². The Morgan fingerprint density at radius 3 is 2.29 bits per heavy atom. The van der Waals surface area contributed by atoms with Crippen molar-refractivity contribution in [3.05, 3.63) is 35.4 Å². The molecule has 0 amide bonds. The summed E-state index contributed by atoms with van der Waals surface area (Å²) < 4.78 is 4.57. The molecular formula is C14H18O3. The van der Waals surface area contributed by atoms with E-state index in [1.54, 1.807) is 0 Å². The average molecular weight is 234 g/mol. The first-order chi connectivity index (χ1) is 8.02. The van der Waals surface area contributed by atoms with E-state index in [0.29, 0.717) is 12.0 Å². The summed E-state index contributed by atoms with van der Waals surface area (Å²) in [6.07, 6.45) is 0.659. The minimum atomic E-state index is -0.269. The molecular weight excluding hydrogens is 216 g/mol. The number of Topliss-reactive ketones (excluding diaryl/α,β-unsaturated/α-hetero) is 1. The lowest BCUT2D eigenvalue weighted by Gasteiger charge is -2.09. The van der Waals surface area contributed by atoms with Crippen LogP contribution in [0.1, 0.15) is 35.7 Å². The largest absolute Gasteiger partial charge is 0.469 e. The Hall–Kier alpha value is -1.64. The van der Waals surface area contributed by atoms with Gasteiger partial charge < -0.3 is 4.74 Å². The zero-order valence-corrected chi connectivity index (χ0v) is 10.5. The lowest BCUT2D eigenvalue weighted by Crippen LogP contribution is -2.11. The second kappa shape index (κ2) is 6.18. The number of ketones is 1. The normalized spacial score (nSPS) is 11.9. The fourth-order valence-electron chi connectivity index (χ4n) is 1.61. The summed E-state index contributed by atoms with van der Waals surface area (Å²) in [4.78, 5) is 22.9. The maximum Gasteiger partial charge on any atom is 0.305 e. The number of methoxy groups -OCH3 is 1. The number of ether oxygens (including phenoxy) is 1. The van der Waals surface area contributed by atoms with Gasteiger partial charge in [-0.05, 0) is 12.8 Å². The number of esters is 1. The fraction of sp³-hybridized carbons (Fsp3) is 0.429. The minimum absolute atomic E-state index is 0.0104. The van der Waals surface area contributed by atoms with E-state index in [1.165, 1.54) is 7.11 Å². The summed E-state index contributed by atoms with van der Waals surface area (Å²) in [5.74, 6) is -0.188. The molecule has 0 saturated heterocycles. The molecule has 0 aliphatic rings. The Labute approximate surface area is 102 Å². The Bertz CT molecular complexity index is 392. The molecule has 1 aromatic carbocycles. The molecule has 17 heavy (non-hydrogen) atoms. The highest BCUT2D eigenvalue weighted by Gasteiger charge is 2.14. The zero-order chi connectivity index (χ0) is 12.8. The van der Waals surface area contributed by atoms with Crippen LogP contribution in [0.4, 0.5) is 0 Å². The van der Waals surface area contributed by atoms with Gasteiger partial charge in [-0.1, -0.05) is 36.8 Å². The number of rotatable bonds is 5. The standard InChI is InChI=1S/C14H18O3/c1-10-4-6-12(7-5-10)13(15)8-11(2)9-14(16)17-3/h4-7,11H,8-9H2,1-3H3. The first-order valence-corrected chi connectivity index (χ1v) is 5.69. The molecule has 0 radical (unpaired) electrons. The Morgan fingerprint density at radius 1 is 1.18 bits per heavy atom. The van der Waals surface area contributed by atoms with Crippen LogP contribution >= 0.6 is 0 Å². The second-order valence-electron chi connectivity index (χ2n) is 4.38. The third-order valence-corrected chi connectivity index (χ3v) is 2.65. The van der Waals surface area contributed by atoms with Crippen molar-refractivity contribution in [3.8, 4) is 0 Å². The van der Waals surface area contributed by atoms with E-state index in [-0.39, 0.29) is 24.1 Å². The van der Waals surface area contributed by atoms with Crippen LogP contribution in [0.2, 0.25) is 0 Å². The van der Waals surface area contributed by atoms with Crippen molar-refractivity contribution in [3.63, 3.8) is 0 Å². The first-order valence-electron chi connectivity index (χ1n) is 5.69. The second-order valence-corrected chi connectivity index (χ2v) is 4.38. The van der Waals surface area contributed by atoms with Gasteiger partial charge in [-0.2, -0.15) is 0 Å². The topological polar surface area (TPSA) is 43.4 Å². The van der Waals surface area contributed by atoms with E-state index >= 15 is 0 Å². The van der Waals surface area contributed by atoms with E-state index in [1.807, 2.05) is 38.1 Å². The molecule has 0 spiro atoms. The number of benzene rings is 1. The number of aryl methyl sites for hydroxylation is 1. The van der Waals surface area contributed by atoms with Gasteiger partial charge in [0.2, 0.25) is 0 Å². The lowest BCUT2D eigenvalue weighted by atomic mass is 9.97. The van der Waals surface area contributed by atoms with Gasteiger partial charge >= 0.3 is 5.97 Å². The van der Waals surface area contributed by atoms with Crippen molar-refractivity contribution < 1.29 is 14.3 Å². The van der Waals surface area contributed by atoms with Gasteiger partial charge in [0.15, 0.2) is 5.78 Å². The van der Waals surface area contributed by atoms with Gasteiger partial charge in [0, 0.05) is 18.4 Å². The van der Waals surface area contributed by atoms with Crippen LogP contribution in [0.15, 0.2) is 24.3 Å². The highest BCUT2D eigenvalue weighted by Crippen LogP contribution is 2.14. The van der Waals surface area contributed by atoms with E-state index in [0.717, 1.165) is 5.56 Å². The molecule has 3 nitrogen and oxygen atoms in total. The molecule has 0 aromatic heterocycles. The molecule has 0 fully saturated rings. The number of carbonyl (C=O) groups excluding carboxylic acids is 2. The molecule has 3 heteroatoms. The Morgan fingerprint density at radius 2 is 1.76 bits per heavy atom. The van der Waals surface area contributed by atoms with Gasteiger partial charge in [-0.25, -0.2) is 0 Å². The van der Waals surface area contributed by atoms with Crippen LogP contribution in [0, 0.1) is 12.8 Å². The predicted molar refractivity (Wildman–Crippen MR) is 65.9 cm³/mol. The maximum absolute atomic E-state index is 11.9. The molecule has 0 saturated carbocycles. The summed E-state index contributed by atoms with van der Waals surface area (Å²) in [7, 11) is 1.36.